The molecular formula is C27H23FN4O2S. The van der Waals surface area contributed by atoms with Gasteiger partial charge >= 0.3 is 0 Å². The molecule has 0 bridgehead atoms. The molecule has 1 aliphatic rings. The lowest BCUT2D eigenvalue weighted by molar-refractivity contribution is 0.387. The number of thiocarbonyl (C=S) groups is 1. The Hall–Kier alpha value is -4.04. The number of para-hydroxylation sites is 1. The number of nitrogens with zero attached hydrogens (tertiary/aromatic N) is 3. The van der Waals surface area contributed by atoms with Gasteiger partial charge in [-0.05, 0) is 55.0 Å². The zero-order chi connectivity index (χ0) is 24.4. The highest BCUT2D eigenvalue weighted by Gasteiger charge is 2.34. The minimum absolute atomic E-state index is 0.279. The lowest BCUT2D eigenvalue weighted by atomic mass is 9.94. The van der Waals surface area contributed by atoms with E-state index in [1.807, 2.05) is 66.4 Å². The Morgan fingerprint density at radius 1 is 1.03 bits per heavy atom. The number of ether oxygens (including phenoxy) is 1. The molecule has 0 fully saturated rings. The maximum absolute atomic E-state index is 13.4. The number of nitrogens with one attached hydrogen (secondary N) is 1. The molecule has 0 radical (unpaired) electrons. The average molecular weight is 487 g/mol. The quantitative estimate of drug-likeness (QED) is 0.348. The maximum Gasteiger partial charge on any atom is 0.258 e. The first kappa shape index (κ1) is 22.7. The predicted molar refractivity (Wildman–Crippen MR) is 136 cm³/mol. The lowest BCUT2D eigenvalue weighted by Crippen LogP contribution is -2.45. The molecule has 0 aliphatic carbocycles. The molecule has 6 nitrogen and oxygen atoms in total. The molecule has 0 amide bonds. The molecule has 2 heterocycles. The van der Waals surface area contributed by atoms with Crippen molar-refractivity contribution in [2.24, 2.45) is 0 Å². The Morgan fingerprint density at radius 3 is 2.49 bits per heavy atom. The molecular weight excluding hydrogens is 463 g/mol. The molecule has 35 heavy (non-hydrogen) atoms. The fraction of sp³-hybridized carbons (Fsp3) is 0.148. The van der Waals surface area contributed by atoms with Gasteiger partial charge in [-0.25, -0.2) is 4.39 Å². The van der Waals surface area contributed by atoms with E-state index in [0.717, 1.165) is 28.1 Å². The van der Waals surface area contributed by atoms with Crippen molar-refractivity contribution in [3.8, 4) is 17.1 Å². The number of halogens is 1. The highest BCUT2D eigenvalue weighted by atomic mass is 32.1. The van der Waals surface area contributed by atoms with Crippen molar-refractivity contribution in [1.29, 1.82) is 0 Å². The van der Waals surface area contributed by atoms with Crippen LogP contribution in [0.25, 0.3) is 17.0 Å². The van der Waals surface area contributed by atoms with E-state index in [0.29, 0.717) is 28.9 Å². The number of aromatic nitrogens is 2. The zero-order valence-corrected chi connectivity index (χ0v) is 20.1. The normalized spacial score (nSPS) is 15.8. The third kappa shape index (κ3) is 4.52. The average Bonchev–Trinajstić information content (AvgIpc) is 3.37. The maximum atomic E-state index is 13.4. The van der Waals surface area contributed by atoms with E-state index in [4.69, 9.17) is 21.5 Å². The van der Waals surface area contributed by atoms with E-state index >= 15 is 0 Å². The summed E-state index contributed by atoms with van der Waals surface area (Å²) in [6.45, 7) is 2.50. The van der Waals surface area contributed by atoms with Gasteiger partial charge in [0.25, 0.3) is 5.89 Å². The van der Waals surface area contributed by atoms with E-state index in [1.54, 1.807) is 19.2 Å². The summed E-state index contributed by atoms with van der Waals surface area (Å²) in [4.78, 5) is 6.67. The van der Waals surface area contributed by atoms with Gasteiger partial charge in [0, 0.05) is 16.8 Å². The minimum Gasteiger partial charge on any atom is -0.496 e. The van der Waals surface area contributed by atoms with E-state index in [-0.39, 0.29) is 11.9 Å². The topological polar surface area (TPSA) is 63.4 Å². The van der Waals surface area contributed by atoms with E-state index < -0.39 is 0 Å². The summed E-state index contributed by atoms with van der Waals surface area (Å²) >= 11 is 5.79. The highest BCUT2D eigenvalue weighted by Crippen LogP contribution is 2.38. The van der Waals surface area contributed by atoms with Crippen molar-refractivity contribution in [2.45, 2.75) is 19.5 Å². The van der Waals surface area contributed by atoms with Crippen LogP contribution in [0.5, 0.6) is 5.75 Å². The number of allylic oxidation sites excluding steroid dienone is 1. The summed E-state index contributed by atoms with van der Waals surface area (Å²) in [7, 11) is 1.65. The summed E-state index contributed by atoms with van der Waals surface area (Å²) in [6, 6.07) is 23.5. The number of methoxy groups -OCH3 is 1. The van der Waals surface area contributed by atoms with E-state index in [9.17, 15) is 4.39 Å². The van der Waals surface area contributed by atoms with Gasteiger partial charge in [0.05, 0.1) is 25.3 Å². The second-order valence-corrected chi connectivity index (χ2v) is 8.51. The van der Waals surface area contributed by atoms with Crippen molar-refractivity contribution >= 4 is 22.9 Å². The standard InChI is InChI=1S/C27H23FN4O2S/c1-17-23(26-30-25(31-34-26)19-12-14-21(28)15-13-19)24(18-8-4-3-5-9-18)29-27(35)32(17)16-20-10-6-7-11-22(20)33-2/h3-15,24H,16H2,1-2H3,(H,29,35). The number of rotatable bonds is 6. The Bertz CT molecular complexity index is 1390. The Kier molecular flexibility index (Phi) is 6.29. The fourth-order valence-electron chi connectivity index (χ4n) is 4.20. The smallest absolute Gasteiger partial charge is 0.258 e. The van der Waals surface area contributed by atoms with Gasteiger partial charge in [-0.15, -0.1) is 0 Å². The first-order chi connectivity index (χ1) is 17.0. The van der Waals surface area contributed by atoms with Crippen LogP contribution < -0.4 is 10.1 Å². The van der Waals surface area contributed by atoms with Gasteiger partial charge in [-0.1, -0.05) is 53.7 Å². The van der Waals surface area contributed by atoms with Gasteiger partial charge < -0.3 is 19.5 Å². The molecule has 1 aromatic heterocycles. The molecule has 0 spiro atoms. The van der Waals surface area contributed by atoms with Crippen LogP contribution in [0, 0.1) is 5.82 Å². The minimum atomic E-state index is -0.322. The molecule has 0 saturated heterocycles. The van der Waals surface area contributed by atoms with E-state index in [2.05, 4.69) is 15.5 Å². The van der Waals surface area contributed by atoms with Crippen LogP contribution in [0.1, 0.15) is 30.0 Å². The molecule has 1 unspecified atom stereocenters. The fourth-order valence-corrected chi connectivity index (χ4v) is 4.52. The number of hydrogen-bond donors (Lipinski definition) is 1. The molecule has 4 aromatic rings. The van der Waals surface area contributed by atoms with Crippen molar-refractivity contribution in [3.63, 3.8) is 0 Å². The van der Waals surface area contributed by atoms with Crippen LogP contribution in [0.15, 0.2) is 89.1 Å². The first-order valence-electron chi connectivity index (χ1n) is 11.1. The summed E-state index contributed by atoms with van der Waals surface area (Å²) < 4.78 is 24.7. The molecule has 1 N–H and O–H groups in total. The SMILES string of the molecule is COc1ccccc1CN1C(=S)NC(c2ccccc2)C(c2nc(-c3ccc(F)cc3)no2)=C1C. The molecule has 8 heteroatoms. The lowest BCUT2D eigenvalue weighted by Gasteiger charge is -2.37. The van der Waals surface area contributed by atoms with Gasteiger partial charge in [0.2, 0.25) is 5.82 Å². The van der Waals surface area contributed by atoms with Crippen molar-refractivity contribution in [3.05, 3.63) is 107 Å². The van der Waals surface area contributed by atoms with Gasteiger partial charge in [0.15, 0.2) is 5.11 Å². The second-order valence-electron chi connectivity index (χ2n) is 8.12. The predicted octanol–water partition coefficient (Wildman–Crippen LogP) is 5.75. The monoisotopic (exact) mass is 486 g/mol. The van der Waals surface area contributed by atoms with Gasteiger partial charge in [0.1, 0.15) is 11.6 Å². The molecule has 1 aliphatic heterocycles. The van der Waals surface area contributed by atoms with Crippen LogP contribution >= 0.6 is 12.2 Å². The number of benzene rings is 3. The van der Waals surface area contributed by atoms with Crippen molar-refractivity contribution in [1.82, 2.24) is 20.4 Å². The van der Waals surface area contributed by atoms with Crippen LogP contribution in [0.3, 0.4) is 0 Å². The molecule has 0 saturated carbocycles. The third-order valence-corrected chi connectivity index (χ3v) is 6.35. The van der Waals surface area contributed by atoms with Crippen molar-refractivity contribution in [2.75, 3.05) is 7.11 Å². The molecule has 1 atom stereocenters. The van der Waals surface area contributed by atoms with Gasteiger partial charge in [-0.2, -0.15) is 4.98 Å². The summed E-state index contributed by atoms with van der Waals surface area (Å²) in [5, 5.41) is 8.21. The van der Waals surface area contributed by atoms with E-state index in [1.165, 1.54) is 12.1 Å². The summed E-state index contributed by atoms with van der Waals surface area (Å²) in [5.41, 5.74) is 4.39. The van der Waals surface area contributed by atoms with Crippen molar-refractivity contribution < 1.29 is 13.7 Å². The Labute approximate surface area is 208 Å². The second kappa shape index (κ2) is 9.68. The summed E-state index contributed by atoms with van der Waals surface area (Å²) in [5.74, 6) is 1.22. The number of hydrogen-bond acceptors (Lipinski definition) is 5. The Balaban J connectivity index is 1.59. The molecule has 176 valence electrons. The van der Waals surface area contributed by atoms with Crippen LogP contribution in [-0.4, -0.2) is 27.3 Å². The first-order valence-corrected chi connectivity index (χ1v) is 11.5. The molecule has 3 aromatic carbocycles. The zero-order valence-electron chi connectivity index (χ0n) is 19.2. The van der Waals surface area contributed by atoms with Crippen LogP contribution in [-0.2, 0) is 6.54 Å². The molecule has 5 rings (SSSR count). The van der Waals surface area contributed by atoms with Crippen LogP contribution in [0.2, 0.25) is 0 Å². The highest BCUT2D eigenvalue weighted by molar-refractivity contribution is 7.80. The van der Waals surface area contributed by atoms with Crippen LogP contribution in [0.4, 0.5) is 4.39 Å². The summed E-state index contributed by atoms with van der Waals surface area (Å²) in [6.07, 6.45) is 0. The van der Waals surface area contributed by atoms with Gasteiger partial charge in [-0.3, -0.25) is 0 Å². The largest absolute Gasteiger partial charge is 0.496 e. The Morgan fingerprint density at radius 2 is 1.74 bits per heavy atom. The third-order valence-electron chi connectivity index (χ3n) is 6.01.